The summed E-state index contributed by atoms with van der Waals surface area (Å²) in [4.78, 5) is 53.2. The minimum absolute atomic E-state index is 0.0629. The van der Waals surface area contributed by atoms with Crippen molar-refractivity contribution in [1.29, 1.82) is 0 Å². The molecule has 1 aromatic rings. The van der Waals surface area contributed by atoms with Crippen LogP contribution in [0.5, 0.6) is 0 Å². The second-order valence-corrected chi connectivity index (χ2v) is 12.3. The van der Waals surface area contributed by atoms with E-state index in [9.17, 15) is 19.2 Å². The Morgan fingerprint density at radius 3 is 2.27 bits per heavy atom. The highest BCUT2D eigenvalue weighted by Gasteiger charge is 2.42. The monoisotopic (exact) mass is 497 g/mol. The van der Waals surface area contributed by atoms with E-state index in [0.29, 0.717) is 22.6 Å². The molecule has 1 unspecified atom stereocenters. The lowest BCUT2D eigenvalue weighted by Gasteiger charge is -2.36. The number of nitrogens with zero attached hydrogens (tertiary/aromatic N) is 1. The minimum Gasteiger partial charge on any atom is -0.456 e. The number of thioether (sulfide) groups is 1. The number of amides is 2. The van der Waals surface area contributed by atoms with Crippen LogP contribution in [-0.4, -0.2) is 57.0 Å². The van der Waals surface area contributed by atoms with Gasteiger partial charge in [0.25, 0.3) is 0 Å². The topological polar surface area (TPSA) is 128 Å². The van der Waals surface area contributed by atoms with E-state index in [-0.39, 0.29) is 28.6 Å². The summed E-state index contributed by atoms with van der Waals surface area (Å²) in [5.74, 6) is -0.393. The second-order valence-electron chi connectivity index (χ2n) is 10.1. The van der Waals surface area contributed by atoms with Gasteiger partial charge in [0.15, 0.2) is 0 Å². The standard InChI is InChI=1S/C22H31N3O6S2/c1-21(2,3)30-18(27)15-11-9-13(17(26)24-12-7-8-32-19(12)28)25(10-14(11)33-16(15)23)20(29)31-22(4,5)6/h12-13H,7-10,23H2,1-6H3,(H,24,26)/t12-,13?/m0/s1. The first-order valence-corrected chi connectivity index (χ1v) is 12.6. The number of fused-ring (bicyclic) bond motifs is 1. The first-order valence-electron chi connectivity index (χ1n) is 10.8. The molecule has 2 aliphatic heterocycles. The number of rotatable bonds is 3. The average molecular weight is 498 g/mol. The Balaban J connectivity index is 1.94. The van der Waals surface area contributed by atoms with Gasteiger partial charge < -0.3 is 20.5 Å². The fourth-order valence-corrected chi connectivity index (χ4v) is 5.66. The molecule has 0 aliphatic carbocycles. The number of thiophene rings is 1. The van der Waals surface area contributed by atoms with E-state index in [1.165, 1.54) is 28.0 Å². The van der Waals surface area contributed by atoms with Crippen molar-refractivity contribution in [3.05, 3.63) is 16.0 Å². The first-order chi connectivity index (χ1) is 15.2. The lowest BCUT2D eigenvalue weighted by molar-refractivity contribution is -0.129. The third-order valence-electron chi connectivity index (χ3n) is 4.99. The highest BCUT2D eigenvalue weighted by atomic mass is 32.2. The van der Waals surface area contributed by atoms with Crippen molar-refractivity contribution >= 4 is 51.2 Å². The Bertz CT molecular complexity index is 976. The molecule has 3 heterocycles. The molecule has 182 valence electrons. The number of ether oxygens (including phenoxy) is 2. The number of hydrogen-bond donors (Lipinski definition) is 2. The zero-order chi connectivity index (χ0) is 24.7. The Labute approximate surface area is 201 Å². The molecule has 0 radical (unpaired) electrons. The van der Waals surface area contributed by atoms with E-state index in [2.05, 4.69) is 5.32 Å². The minimum atomic E-state index is -0.957. The second kappa shape index (κ2) is 9.17. The zero-order valence-corrected chi connectivity index (χ0v) is 21.4. The van der Waals surface area contributed by atoms with Crippen molar-refractivity contribution in [3.63, 3.8) is 0 Å². The maximum Gasteiger partial charge on any atom is 0.411 e. The Morgan fingerprint density at radius 2 is 1.73 bits per heavy atom. The number of anilines is 1. The third-order valence-corrected chi connectivity index (χ3v) is 7.05. The van der Waals surface area contributed by atoms with Gasteiger partial charge in [-0.3, -0.25) is 14.5 Å². The summed E-state index contributed by atoms with van der Waals surface area (Å²) in [6.45, 7) is 10.6. The molecule has 2 amide bonds. The molecule has 1 aromatic heterocycles. The fourth-order valence-electron chi connectivity index (χ4n) is 3.64. The molecule has 9 nitrogen and oxygen atoms in total. The highest BCUT2D eigenvalue weighted by molar-refractivity contribution is 8.14. The zero-order valence-electron chi connectivity index (χ0n) is 19.8. The van der Waals surface area contributed by atoms with Gasteiger partial charge in [0.1, 0.15) is 22.2 Å². The Hall–Kier alpha value is -2.27. The molecule has 0 spiro atoms. The van der Waals surface area contributed by atoms with Gasteiger partial charge in [-0.2, -0.15) is 0 Å². The van der Waals surface area contributed by atoms with Gasteiger partial charge >= 0.3 is 12.1 Å². The van der Waals surface area contributed by atoms with E-state index in [4.69, 9.17) is 15.2 Å². The van der Waals surface area contributed by atoms with Crippen LogP contribution < -0.4 is 11.1 Å². The molecule has 0 bridgehead atoms. The summed E-state index contributed by atoms with van der Waals surface area (Å²) in [7, 11) is 0. The van der Waals surface area contributed by atoms with Crippen molar-refractivity contribution < 1.29 is 28.7 Å². The van der Waals surface area contributed by atoms with Crippen LogP contribution >= 0.6 is 23.1 Å². The third kappa shape index (κ3) is 6.00. The average Bonchev–Trinajstić information content (AvgIpc) is 3.19. The van der Waals surface area contributed by atoms with E-state index in [1.54, 1.807) is 41.5 Å². The van der Waals surface area contributed by atoms with Gasteiger partial charge in [-0.1, -0.05) is 11.8 Å². The largest absolute Gasteiger partial charge is 0.456 e. The molecule has 3 rings (SSSR count). The maximum atomic E-state index is 13.2. The molecule has 0 saturated carbocycles. The van der Waals surface area contributed by atoms with Crippen LogP contribution in [0.25, 0.3) is 0 Å². The highest BCUT2D eigenvalue weighted by Crippen LogP contribution is 2.38. The molecule has 3 N–H and O–H groups in total. The van der Waals surface area contributed by atoms with Gasteiger partial charge in [-0.25, -0.2) is 9.59 Å². The van der Waals surface area contributed by atoms with E-state index < -0.39 is 41.3 Å². The summed E-state index contributed by atoms with van der Waals surface area (Å²) >= 11 is 2.37. The van der Waals surface area contributed by atoms with Crippen LogP contribution in [0.4, 0.5) is 9.80 Å². The first kappa shape index (κ1) is 25.4. The summed E-state index contributed by atoms with van der Waals surface area (Å²) in [6, 6.07) is -1.55. The molecule has 11 heteroatoms. The van der Waals surface area contributed by atoms with Gasteiger partial charge in [0, 0.05) is 17.1 Å². The van der Waals surface area contributed by atoms with E-state index in [0.717, 1.165) is 0 Å². The van der Waals surface area contributed by atoms with Crippen molar-refractivity contribution in [3.8, 4) is 0 Å². The summed E-state index contributed by atoms with van der Waals surface area (Å²) in [6.07, 6.45) is -0.0449. The Kier molecular flexibility index (Phi) is 7.05. The molecule has 1 saturated heterocycles. The summed E-state index contributed by atoms with van der Waals surface area (Å²) < 4.78 is 11.1. The predicted molar refractivity (Wildman–Crippen MR) is 127 cm³/mol. The van der Waals surface area contributed by atoms with E-state index >= 15 is 0 Å². The van der Waals surface area contributed by atoms with Crippen LogP contribution in [0.3, 0.4) is 0 Å². The molecule has 2 aliphatic rings. The molecule has 2 atom stereocenters. The van der Waals surface area contributed by atoms with Crippen LogP contribution in [0.15, 0.2) is 0 Å². The number of nitrogens with two attached hydrogens (primary N) is 1. The molecular formula is C22H31N3O6S2. The van der Waals surface area contributed by atoms with Crippen molar-refractivity contribution in [2.24, 2.45) is 0 Å². The predicted octanol–water partition coefficient (Wildman–Crippen LogP) is 3.10. The van der Waals surface area contributed by atoms with Gasteiger partial charge in [-0.15, -0.1) is 11.3 Å². The van der Waals surface area contributed by atoms with Gasteiger partial charge in [-0.05, 0) is 53.5 Å². The van der Waals surface area contributed by atoms with E-state index in [1.807, 2.05) is 0 Å². The maximum absolute atomic E-state index is 13.2. The van der Waals surface area contributed by atoms with Gasteiger partial charge in [0.2, 0.25) is 11.0 Å². The SMILES string of the molecule is CC(C)(C)OC(=O)c1c(N)sc2c1CC(C(=O)N[C@H]1CCSC1=O)N(C(=O)OC(C)(C)C)C2. The summed E-state index contributed by atoms with van der Waals surface area (Å²) in [5, 5.41) is 2.95. The fraction of sp³-hybridized carbons (Fsp3) is 0.636. The smallest absolute Gasteiger partial charge is 0.411 e. The number of carbonyl (C=O) groups excluding carboxylic acids is 4. The number of esters is 1. The number of hydrogen-bond acceptors (Lipinski definition) is 9. The Morgan fingerprint density at radius 1 is 1.09 bits per heavy atom. The van der Waals surface area contributed by atoms with Crippen LogP contribution in [0.1, 0.15) is 68.8 Å². The quantitative estimate of drug-likeness (QED) is 0.610. The molecule has 0 aromatic carbocycles. The lowest BCUT2D eigenvalue weighted by atomic mass is 9.95. The molecular weight excluding hydrogens is 466 g/mol. The molecule has 1 fully saturated rings. The molecule has 33 heavy (non-hydrogen) atoms. The van der Waals surface area contributed by atoms with Crippen molar-refractivity contribution in [1.82, 2.24) is 10.2 Å². The van der Waals surface area contributed by atoms with Crippen molar-refractivity contribution in [2.75, 3.05) is 11.5 Å². The summed E-state index contributed by atoms with van der Waals surface area (Å²) in [5.41, 5.74) is 5.53. The lowest BCUT2D eigenvalue weighted by Crippen LogP contribution is -2.55. The number of nitrogen functional groups attached to an aromatic ring is 1. The van der Waals surface area contributed by atoms with Crippen LogP contribution in [0, 0.1) is 0 Å². The number of carbonyl (C=O) groups is 4. The van der Waals surface area contributed by atoms with Crippen LogP contribution in [0.2, 0.25) is 0 Å². The van der Waals surface area contributed by atoms with Crippen LogP contribution in [-0.2, 0) is 32.0 Å². The normalized spacial score (nSPS) is 20.9. The van der Waals surface area contributed by atoms with Gasteiger partial charge in [0.05, 0.1) is 18.2 Å². The number of nitrogens with one attached hydrogen (secondary N) is 1. The van der Waals surface area contributed by atoms with Crippen molar-refractivity contribution in [2.45, 2.75) is 84.2 Å².